The molecule has 40 heavy (non-hydrogen) atoms. The number of carbonyl (C=O) groups is 1. The molecule has 4 aromatic rings. The minimum absolute atomic E-state index is 0.0917. The summed E-state index contributed by atoms with van der Waals surface area (Å²) in [6, 6.07) is 13.5. The van der Waals surface area contributed by atoms with E-state index in [0.717, 1.165) is 24.1 Å². The number of anilines is 1. The van der Waals surface area contributed by atoms with Crippen LogP contribution in [0.2, 0.25) is 0 Å². The lowest BCUT2D eigenvalue weighted by atomic mass is 9.98. The molecule has 0 saturated heterocycles. The van der Waals surface area contributed by atoms with Crippen molar-refractivity contribution in [3.63, 3.8) is 0 Å². The van der Waals surface area contributed by atoms with Gasteiger partial charge in [-0.25, -0.2) is 9.37 Å². The summed E-state index contributed by atoms with van der Waals surface area (Å²) in [5.74, 6) is 0.151. The first-order chi connectivity index (χ1) is 19.0. The molecule has 1 aliphatic rings. The number of rotatable bonds is 10. The van der Waals surface area contributed by atoms with E-state index in [2.05, 4.69) is 16.9 Å². The molecule has 1 N–H and O–H groups in total. The molecule has 0 bridgehead atoms. The molecule has 5 nitrogen and oxygen atoms in total. The summed E-state index contributed by atoms with van der Waals surface area (Å²) < 4.78 is 59.9. The van der Waals surface area contributed by atoms with Crippen molar-refractivity contribution in [3.8, 4) is 11.4 Å². The van der Waals surface area contributed by atoms with Crippen LogP contribution in [0.3, 0.4) is 0 Å². The fourth-order valence-corrected chi connectivity index (χ4v) is 4.80. The van der Waals surface area contributed by atoms with Crippen LogP contribution in [-0.4, -0.2) is 35.2 Å². The van der Waals surface area contributed by atoms with Gasteiger partial charge in [0.05, 0.1) is 24.7 Å². The minimum atomic E-state index is -4.32. The fraction of sp³-hybridized carbons (Fsp3) is 0.290. The highest BCUT2D eigenvalue weighted by molar-refractivity contribution is 5.98. The Morgan fingerprint density at radius 3 is 2.55 bits per heavy atom. The third-order valence-corrected chi connectivity index (χ3v) is 7.18. The van der Waals surface area contributed by atoms with Crippen LogP contribution in [0.5, 0.6) is 5.75 Å². The molecule has 0 aliphatic heterocycles. The average molecular weight is 552 g/mol. The molecule has 5 rings (SSSR count). The predicted molar refractivity (Wildman–Crippen MR) is 148 cm³/mol. The fourth-order valence-electron chi connectivity index (χ4n) is 4.80. The second kappa shape index (κ2) is 10.8. The molecule has 1 fully saturated rings. The van der Waals surface area contributed by atoms with Gasteiger partial charge in [0.25, 0.3) is 0 Å². The Hall–Kier alpha value is -4.14. The Kier molecular flexibility index (Phi) is 7.40. The SMILES string of the molecule is C=C(c1ccc(OC)c(F)c1)c1cc(NCCC(F)(F)F)c2ncn(-c3ccc(C(=O)CC4CC4)c(C)c3)c2c1. The number of aryl methyl sites for hydroxylation is 1. The summed E-state index contributed by atoms with van der Waals surface area (Å²) in [7, 11) is 1.37. The maximum Gasteiger partial charge on any atom is 0.390 e. The summed E-state index contributed by atoms with van der Waals surface area (Å²) in [4.78, 5) is 17.2. The first-order valence-corrected chi connectivity index (χ1v) is 13.0. The average Bonchev–Trinajstić information content (AvgIpc) is 3.61. The Bertz CT molecular complexity index is 1600. The minimum Gasteiger partial charge on any atom is -0.494 e. The van der Waals surface area contributed by atoms with Crippen LogP contribution in [0, 0.1) is 18.7 Å². The summed E-state index contributed by atoms with van der Waals surface area (Å²) in [5, 5.41) is 2.87. The molecule has 1 saturated carbocycles. The lowest BCUT2D eigenvalue weighted by Gasteiger charge is -2.15. The molecule has 1 heterocycles. The topological polar surface area (TPSA) is 56.1 Å². The number of hydrogen-bond donors (Lipinski definition) is 1. The van der Waals surface area contributed by atoms with Crippen molar-refractivity contribution in [2.24, 2.45) is 5.92 Å². The quantitative estimate of drug-likeness (QED) is 0.161. The summed E-state index contributed by atoms with van der Waals surface area (Å²) in [6.45, 7) is 5.69. The number of hydrogen-bond acceptors (Lipinski definition) is 4. The molecule has 0 unspecified atom stereocenters. The van der Waals surface area contributed by atoms with E-state index >= 15 is 0 Å². The van der Waals surface area contributed by atoms with Gasteiger partial charge in [0, 0.05) is 24.2 Å². The summed E-state index contributed by atoms with van der Waals surface area (Å²) in [5.41, 5.74) is 5.34. The van der Waals surface area contributed by atoms with Crippen LogP contribution in [0.15, 0.2) is 61.4 Å². The molecule has 1 aliphatic carbocycles. The van der Waals surface area contributed by atoms with Gasteiger partial charge in [-0.15, -0.1) is 0 Å². The first-order valence-electron chi connectivity index (χ1n) is 13.0. The number of ketones is 1. The number of aromatic nitrogens is 2. The highest BCUT2D eigenvalue weighted by Gasteiger charge is 2.27. The molecule has 1 aromatic heterocycles. The molecule has 3 aromatic carbocycles. The van der Waals surface area contributed by atoms with Gasteiger partial charge in [0.1, 0.15) is 11.8 Å². The van der Waals surface area contributed by atoms with E-state index in [1.54, 1.807) is 18.5 Å². The third kappa shape index (κ3) is 5.88. The number of methoxy groups -OCH3 is 1. The molecular weight excluding hydrogens is 522 g/mol. The summed E-state index contributed by atoms with van der Waals surface area (Å²) >= 11 is 0. The van der Waals surface area contributed by atoms with E-state index in [9.17, 15) is 22.4 Å². The smallest absolute Gasteiger partial charge is 0.390 e. The molecular formula is C31H29F4N3O2. The number of alkyl halides is 3. The van der Waals surface area contributed by atoms with E-state index in [-0.39, 0.29) is 18.1 Å². The van der Waals surface area contributed by atoms with Crippen molar-refractivity contribution >= 4 is 28.1 Å². The van der Waals surface area contributed by atoms with Crippen LogP contribution < -0.4 is 10.1 Å². The van der Waals surface area contributed by atoms with Crippen molar-refractivity contribution in [1.29, 1.82) is 0 Å². The van der Waals surface area contributed by atoms with Crippen LogP contribution in [0.1, 0.15) is 52.7 Å². The molecule has 0 spiro atoms. The lowest BCUT2D eigenvalue weighted by Crippen LogP contribution is -2.14. The van der Waals surface area contributed by atoms with Crippen molar-refractivity contribution in [2.75, 3.05) is 19.0 Å². The number of nitrogens with zero attached hydrogens (tertiary/aromatic N) is 2. The number of benzene rings is 3. The van der Waals surface area contributed by atoms with E-state index in [4.69, 9.17) is 4.74 Å². The van der Waals surface area contributed by atoms with Crippen molar-refractivity contribution in [1.82, 2.24) is 9.55 Å². The first kappa shape index (κ1) is 27.4. The summed E-state index contributed by atoms with van der Waals surface area (Å²) in [6.07, 6.45) is -0.985. The molecule has 9 heteroatoms. The molecule has 0 amide bonds. The number of imidazole rings is 1. The predicted octanol–water partition coefficient (Wildman–Crippen LogP) is 7.89. The molecule has 0 atom stereocenters. The maximum atomic E-state index is 14.5. The Morgan fingerprint density at radius 2 is 1.90 bits per heavy atom. The monoisotopic (exact) mass is 551 g/mol. The van der Waals surface area contributed by atoms with Crippen molar-refractivity contribution in [3.05, 3.63) is 89.5 Å². The number of Topliss-reactive ketones (excluding diaryl/α,β-unsaturated/α-hetero) is 1. The number of fused-ring (bicyclic) bond motifs is 1. The highest BCUT2D eigenvalue weighted by Crippen LogP contribution is 2.35. The zero-order chi connectivity index (χ0) is 28.6. The second-order valence-electron chi connectivity index (χ2n) is 10.2. The number of carbonyl (C=O) groups excluding carboxylic acids is 1. The number of nitrogens with one attached hydrogen (secondary N) is 1. The van der Waals surface area contributed by atoms with E-state index in [1.807, 2.05) is 35.8 Å². The highest BCUT2D eigenvalue weighted by atomic mass is 19.4. The molecule has 0 radical (unpaired) electrons. The maximum absolute atomic E-state index is 14.5. The third-order valence-electron chi connectivity index (χ3n) is 7.18. The van der Waals surface area contributed by atoms with Crippen molar-refractivity contribution < 1.29 is 27.1 Å². The van der Waals surface area contributed by atoms with Gasteiger partial charge in [-0.05, 0) is 90.4 Å². The Labute approximate surface area is 229 Å². The lowest BCUT2D eigenvalue weighted by molar-refractivity contribution is -0.131. The van der Waals surface area contributed by atoms with Gasteiger partial charge >= 0.3 is 6.18 Å². The van der Waals surface area contributed by atoms with Gasteiger partial charge < -0.3 is 10.1 Å². The standard InChI is InChI=1S/C31H29F4N3O2/c1-18-12-23(7-8-24(18)28(39)13-20-4-5-20)38-17-37-30-26(36-11-10-31(33,34)35)15-22(16-27(30)38)19(2)21-6-9-29(40-3)25(32)14-21/h6-9,12,14-17,20,36H,2,4-5,10-11,13H2,1,3H3. The van der Waals surface area contributed by atoms with Crippen LogP contribution >= 0.6 is 0 Å². The Balaban J connectivity index is 1.55. The van der Waals surface area contributed by atoms with Gasteiger partial charge in [-0.3, -0.25) is 9.36 Å². The zero-order valence-corrected chi connectivity index (χ0v) is 22.2. The zero-order valence-electron chi connectivity index (χ0n) is 22.2. The second-order valence-corrected chi connectivity index (χ2v) is 10.2. The largest absolute Gasteiger partial charge is 0.494 e. The van der Waals surface area contributed by atoms with Gasteiger partial charge in [0.2, 0.25) is 0 Å². The van der Waals surface area contributed by atoms with E-state index in [0.29, 0.717) is 51.3 Å². The number of ether oxygens (including phenoxy) is 1. The normalized spacial score (nSPS) is 13.4. The molecule has 208 valence electrons. The van der Waals surface area contributed by atoms with Gasteiger partial charge in [-0.2, -0.15) is 13.2 Å². The van der Waals surface area contributed by atoms with Gasteiger partial charge in [-0.1, -0.05) is 12.6 Å². The van der Waals surface area contributed by atoms with E-state index < -0.39 is 18.4 Å². The van der Waals surface area contributed by atoms with E-state index in [1.165, 1.54) is 19.2 Å². The van der Waals surface area contributed by atoms with Gasteiger partial charge in [0.15, 0.2) is 17.3 Å². The van der Waals surface area contributed by atoms with Crippen molar-refractivity contribution in [2.45, 2.75) is 38.8 Å². The van der Waals surface area contributed by atoms with Crippen LogP contribution in [0.25, 0.3) is 22.3 Å². The van der Waals surface area contributed by atoms with Crippen LogP contribution in [0.4, 0.5) is 23.2 Å². The van der Waals surface area contributed by atoms with Crippen LogP contribution in [-0.2, 0) is 0 Å². The number of halogens is 4. The Morgan fingerprint density at radius 1 is 1.12 bits per heavy atom.